The van der Waals surface area contributed by atoms with Crippen molar-refractivity contribution in [2.24, 2.45) is 29.1 Å². The van der Waals surface area contributed by atoms with Crippen LogP contribution >= 0.6 is 0 Å². The summed E-state index contributed by atoms with van der Waals surface area (Å²) in [5.74, 6) is -0.908. The first-order valence-electron chi connectivity index (χ1n) is 17.4. The van der Waals surface area contributed by atoms with Crippen LogP contribution in [-0.4, -0.2) is 84.6 Å². The summed E-state index contributed by atoms with van der Waals surface area (Å²) in [6.45, 7) is 9.39. The molecule has 2 aromatic rings. The van der Waals surface area contributed by atoms with E-state index in [1.165, 1.54) is 11.0 Å². The van der Waals surface area contributed by atoms with Crippen LogP contribution in [0.25, 0.3) is 10.8 Å². The van der Waals surface area contributed by atoms with Crippen molar-refractivity contribution in [1.82, 2.24) is 25.2 Å². The van der Waals surface area contributed by atoms with Crippen LogP contribution in [-0.2, 0) is 29.2 Å². The van der Waals surface area contributed by atoms with Gasteiger partial charge in [0, 0.05) is 29.8 Å². The van der Waals surface area contributed by atoms with Crippen LogP contribution < -0.4 is 24.8 Å². The summed E-state index contributed by atoms with van der Waals surface area (Å²) in [6, 6.07) is 5.28. The molecule has 13 nitrogen and oxygen atoms in total. The molecule has 1 saturated heterocycles. The van der Waals surface area contributed by atoms with E-state index in [9.17, 15) is 27.6 Å². The van der Waals surface area contributed by atoms with Gasteiger partial charge in [-0.2, -0.15) is 0 Å². The number of nitrogens with one attached hydrogen (secondary N) is 3. The van der Waals surface area contributed by atoms with Gasteiger partial charge in [-0.25, -0.2) is 13.4 Å². The fraction of sp³-hybridized carbons (Fsp3) is 0.583. The molecule has 0 unspecified atom stereocenters. The van der Waals surface area contributed by atoms with Gasteiger partial charge in [0.1, 0.15) is 29.5 Å². The van der Waals surface area contributed by atoms with E-state index in [0.29, 0.717) is 36.3 Å². The molecule has 1 aliphatic heterocycles. The fourth-order valence-corrected chi connectivity index (χ4v) is 9.03. The van der Waals surface area contributed by atoms with Gasteiger partial charge in [0.15, 0.2) is 0 Å². The Balaban J connectivity index is 1.16. The van der Waals surface area contributed by atoms with Crippen LogP contribution in [0.15, 0.2) is 43.1 Å². The summed E-state index contributed by atoms with van der Waals surface area (Å²) in [4.78, 5) is 61.4. The minimum absolute atomic E-state index is 0.0163. The third-order valence-corrected chi connectivity index (χ3v) is 13.1. The molecule has 0 spiro atoms. The van der Waals surface area contributed by atoms with Gasteiger partial charge in [0.25, 0.3) is 5.91 Å². The molecule has 5 saturated carbocycles. The number of carbonyl (C=O) groups excluding carboxylic acids is 4. The molecule has 6 fully saturated rings. The van der Waals surface area contributed by atoms with Crippen LogP contribution in [0.5, 0.6) is 11.6 Å². The van der Waals surface area contributed by atoms with E-state index in [1.807, 2.05) is 39.0 Å². The molecule has 3 N–H and O–H groups in total. The molecule has 8 rings (SSSR count). The Morgan fingerprint density at radius 3 is 2.38 bits per heavy atom. The van der Waals surface area contributed by atoms with Crippen LogP contribution in [0.2, 0.25) is 0 Å². The Hall–Kier alpha value is -4.20. The summed E-state index contributed by atoms with van der Waals surface area (Å²) in [6.07, 6.45) is 5.72. The van der Waals surface area contributed by atoms with Crippen LogP contribution in [0.1, 0.15) is 59.3 Å². The Morgan fingerprint density at radius 2 is 1.80 bits per heavy atom. The number of pyridine rings is 1. The summed E-state index contributed by atoms with van der Waals surface area (Å²) >= 11 is 0. The minimum Gasteiger partial charge on any atom is -0.497 e. The van der Waals surface area contributed by atoms with Gasteiger partial charge in [-0.05, 0) is 79.0 Å². The van der Waals surface area contributed by atoms with E-state index in [4.69, 9.17) is 9.47 Å². The van der Waals surface area contributed by atoms with Crippen LogP contribution in [0, 0.1) is 29.1 Å². The smallest absolute Gasteiger partial charge is 0.259 e. The van der Waals surface area contributed by atoms with Gasteiger partial charge >= 0.3 is 0 Å². The van der Waals surface area contributed by atoms with Crippen molar-refractivity contribution in [3.05, 3.63) is 43.1 Å². The van der Waals surface area contributed by atoms with Gasteiger partial charge in [-0.15, -0.1) is 6.58 Å². The van der Waals surface area contributed by atoms with Crippen molar-refractivity contribution < 1.29 is 37.1 Å². The summed E-state index contributed by atoms with van der Waals surface area (Å²) in [7, 11) is -2.30. The molecule has 5 atom stereocenters. The Morgan fingerprint density at radius 1 is 1.08 bits per heavy atom. The number of methoxy groups -OCH3 is 1. The number of carbonyl (C=O) groups is 4. The number of rotatable bonds is 12. The van der Waals surface area contributed by atoms with E-state index >= 15 is 0 Å². The average molecular weight is 708 g/mol. The van der Waals surface area contributed by atoms with E-state index in [-0.39, 0.29) is 31.2 Å². The lowest BCUT2D eigenvalue weighted by Crippen LogP contribution is -2.63. The number of benzene rings is 1. The fourth-order valence-electron chi connectivity index (χ4n) is 7.67. The average Bonchev–Trinajstić information content (AvgIpc) is 3.94. The van der Waals surface area contributed by atoms with Gasteiger partial charge in [-0.1, -0.05) is 26.8 Å². The highest BCUT2D eigenvalue weighted by Gasteiger charge is 2.62. The molecular weight excluding hydrogens is 662 g/mol. The lowest BCUT2D eigenvalue weighted by atomic mass is 9.48. The lowest BCUT2D eigenvalue weighted by molar-refractivity contribution is -0.157. The molecule has 2 bridgehead atoms. The second-order valence-corrected chi connectivity index (χ2v) is 17.7. The molecule has 6 aliphatic rings. The van der Waals surface area contributed by atoms with Gasteiger partial charge in [0.05, 0.1) is 18.9 Å². The predicted octanol–water partition coefficient (Wildman–Crippen LogP) is 2.45. The topological polar surface area (TPSA) is 173 Å². The molecule has 268 valence electrons. The molecule has 50 heavy (non-hydrogen) atoms. The number of likely N-dealkylation sites (tertiary alicyclic amines) is 1. The maximum absolute atomic E-state index is 14.5. The quantitative estimate of drug-likeness (QED) is 0.280. The van der Waals surface area contributed by atoms with Crippen LogP contribution in [0.4, 0.5) is 0 Å². The number of sulfonamides is 1. The molecule has 2 heterocycles. The van der Waals surface area contributed by atoms with Crippen molar-refractivity contribution in [2.75, 3.05) is 13.7 Å². The Bertz CT molecular complexity index is 1860. The van der Waals surface area contributed by atoms with Crippen molar-refractivity contribution >= 4 is 44.4 Å². The zero-order chi connectivity index (χ0) is 35.7. The second kappa shape index (κ2) is 12.2. The van der Waals surface area contributed by atoms with E-state index < -0.39 is 68.1 Å². The highest BCUT2D eigenvalue weighted by molar-refractivity contribution is 7.91. The zero-order valence-electron chi connectivity index (χ0n) is 28.8. The van der Waals surface area contributed by atoms with Crippen molar-refractivity contribution in [1.29, 1.82) is 0 Å². The number of amides is 4. The molecule has 4 amide bonds. The molecule has 1 aromatic carbocycles. The summed E-state index contributed by atoms with van der Waals surface area (Å²) in [5.41, 5.74) is -2.22. The first-order valence-corrected chi connectivity index (χ1v) is 18.9. The largest absolute Gasteiger partial charge is 0.497 e. The van der Waals surface area contributed by atoms with Gasteiger partial charge in [-0.3, -0.25) is 23.9 Å². The van der Waals surface area contributed by atoms with E-state index in [1.54, 1.807) is 19.4 Å². The maximum Gasteiger partial charge on any atom is 0.259 e. The SMILES string of the molecule is C=C[C@@H]1C[C@]1(NC(=O)[C@@H]1C[C@@H](Oc2nccc3cc(OC)ccc23)CN1C(=O)[C@@H](NC(=O)C1C2CC1C2)C(C)(C)C)C(=O)NS(=O)(=O)C1CC1. The number of fused-ring (bicyclic) bond motifs is 1. The van der Waals surface area contributed by atoms with Crippen molar-refractivity contribution in [3.63, 3.8) is 0 Å². The number of hydrogen-bond acceptors (Lipinski definition) is 9. The molecule has 14 heteroatoms. The predicted molar refractivity (Wildman–Crippen MR) is 183 cm³/mol. The molecule has 1 aromatic heterocycles. The molecular formula is C36H45N5O8S. The first-order chi connectivity index (χ1) is 23.6. The second-order valence-electron chi connectivity index (χ2n) is 15.7. The normalized spacial score (nSPS) is 30.3. The van der Waals surface area contributed by atoms with E-state index in [2.05, 4.69) is 26.9 Å². The van der Waals surface area contributed by atoms with Gasteiger partial charge in [0.2, 0.25) is 33.6 Å². The minimum atomic E-state index is -3.88. The highest BCUT2D eigenvalue weighted by Crippen LogP contribution is 2.58. The first kappa shape index (κ1) is 34.3. The Labute approximate surface area is 292 Å². The third-order valence-electron chi connectivity index (χ3n) is 11.2. The number of aromatic nitrogens is 1. The van der Waals surface area contributed by atoms with Gasteiger partial charge < -0.3 is 25.0 Å². The monoisotopic (exact) mass is 707 g/mol. The number of ether oxygens (including phenoxy) is 2. The number of nitrogens with zero attached hydrogens (tertiary/aromatic N) is 2. The number of hydrogen-bond donors (Lipinski definition) is 3. The zero-order valence-corrected chi connectivity index (χ0v) is 29.6. The standard InChI is InChI=1S/C36H45N5O8S/c1-6-22-17-36(22,34(45)40-50(46,47)25-8-9-25)39-30(42)27-16-24(49-32-26-10-7-23(48-5)15-19(26)11-12-37-32)18-41(27)33(44)29(35(2,3)4)38-31(43)28-20-13-21(28)14-20/h6-7,10-12,15,20-22,24-25,27-29H,1,8-9,13-14,16-18H2,2-5H3,(H,38,43)(H,39,42)(H,40,45)/t20?,21?,22-,24-,27+,28?,29-,36-/m1/s1. The Kier molecular flexibility index (Phi) is 8.39. The summed E-state index contributed by atoms with van der Waals surface area (Å²) < 4.78 is 39.3. The molecule has 0 radical (unpaired) electrons. The lowest BCUT2D eigenvalue weighted by Gasteiger charge is -2.57. The van der Waals surface area contributed by atoms with Crippen LogP contribution in [0.3, 0.4) is 0 Å². The third kappa shape index (κ3) is 6.09. The molecule has 5 aliphatic carbocycles. The highest BCUT2D eigenvalue weighted by atomic mass is 32.2. The van der Waals surface area contributed by atoms with E-state index in [0.717, 1.165) is 23.6 Å². The summed E-state index contributed by atoms with van der Waals surface area (Å²) in [5, 5.41) is 6.76. The maximum atomic E-state index is 14.5. The van der Waals surface area contributed by atoms with Crippen molar-refractivity contribution in [3.8, 4) is 11.6 Å². The van der Waals surface area contributed by atoms with Crippen molar-refractivity contribution in [2.45, 2.75) is 88.3 Å².